The molecule has 6 atom stereocenters. The molecule has 2 rings (SSSR count). The molecule has 0 aliphatic carbocycles. The van der Waals surface area contributed by atoms with Gasteiger partial charge >= 0.3 is 0 Å². The van der Waals surface area contributed by atoms with E-state index in [9.17, 15) is 20.1 Å². The van der Waals surface area contributed by atoms with E-state index in [1.807, 2.05) is 12.1 Å². The van der Waals surface area contributed by atoms with E-state index in [1.165, 1.54) is 12.5 Å². The Morgan fingerprint density at radius 1 is 1.28 bits per heavy atom. The number of nitrogens with one attached hydrogen (secondary N) is 1. The summed E-state index contributed by atoms with van der Waals surface area (Å²) in [5.41, 5.74) is 1.18. The number of carbonyl (C=O) groups is 1. The van der Waals surface area contributed by atoms with Crippen molar-refractivity contribution in [2.45, 2.75) is 63.8 Å². The van der Waals surface area contributed by atoms with Gasteiger partial charge in [-0.3, -0.25) is 4.79 Å². The fourth-order valence-electron chi connectivity index (χ4n) is 2.82. The van der Waals surface area contributed by atoms with Crippen LogP contribution in [0.15, 0.2) is 24.3 Å². The van der Waals surface area contributed by atoms with Crippen LogP contribution in [0.25, 0.3) is 0 Å². The van der Waals surface area contributed by atoms with Gasteiger partial charge in [-0.25, -0.2) is 0 Å². The van der Waals surface area contributed by atoms with E-state index in [4.69, 9.17) is 9.47 Å². The summed E-state index contributed by atoms with van der Waals surface area (Å²) in [4.78, 5) is 11.4. The molecule has 1 heterocycles. The number of aliphatic hydroxyl groups is 3. The second kappa shape index (κ2) is 8.62. The van der Waals surface area contributed by atoms with Crippen molar-refractivity contribution in [3.8, 4) is 5.75 Å². The lowest BCUT2D eigenvalue weighted by atomic mass is 9.97. The van der Waals surface area contributed by atoms with Crippen LogP contribution in [0.3, 0.4) is 0 Å². The van der Waals surface area contributed by atoms with Gasteiger partial charge in [0.1, 0.15) is 30.1 Å². The van der Waals surface area contributed by atoms with Gasteiger partial charge in [-0.2, -0.15) is 0 Å². The first kappa shape index (κ1) is 19.7. The Morgan fingerprint density at radius 3 is 2.44 bits per heavy atom. The van der Waals surface area contributed by atoms with Crippen LogP contribution in [0.5, 0.6) is 5.75 Å². The van der Waals surface area contributed by atoms with Gasteiger partial charge in [-0.15, -0.1) is 0 Å². The minimum atomic E-state index is -1.32. The molecule has 0 bridgehead atoms. The van der Waals surface area contributed by atoms with Gasteiger partial charge in [0.25, 0.3) is 0 Å². The standard InChI is InChI=1S/C18H27NO6/c1-4-10(2)12-5-7-13(8-6-12)24-18-15(19-11(3)21)17(23)16(22)14(9-20)25-18/h5-8,10,14-18,20,22-23H,4,9H2,1-3H3,(H,19,21)/t10-,14+,15+,16-,17-,18+/m0/s1. The summed E-state index contributed by atoms with van der Waals surface area (Å²) in [7, 11) is 0. The van der Waals surface area contributed by atoms with Gasteiger partial charge in [0, 0.05) is 6.92 Å². The van der Waals surface area contributed by atoms with Crippen molar-refractivity contribution in [2.24, 2.45) is 0 Å². The smallest absolute Gasteiger partial charge is 0.223 e. The topological polar surface area (TPSA) is 108 Å². The number of rotatable bonds is 6. The summed E-state index contributed by atoms with van der Waals surface area (Å²) in [6, 6.07) is 6.54. The van der Waals surface area contributed by atoms with E-state index in [1.54, 1.807) is 12.1 Å². The normalized spacial score (nSPS) is 30.6. The Balaban J connectivity index is 2.16. The number of hydrogen-bond acceptors (Lipinski definition) is 6. The van der Waals surface area contributed by atoms with E-state index >= 15 is 0 Å². The highest BCUT2D eigenvalue weighted by Crippen LogP contribution is 2.26. The molecule has 1 aliphatic rings. The van der Waals surface area contributed by atoms with Crippen molar-refractivity contribution in [3.63, 3.8) is 0 Å². The Bertz CT molecular complexity index is 563. The summed E-state index contributed by atoms with van der Waals surface area (Å²) in [5, 5.41) is 32.1. The number of aliphatic hydroxyl groups excluding tert-OH is 3. The van der Waals surface area contributed by atoms with E-state index in [0.29, 0.717) is 11.7 Å². The molecule has 0 spiro atoms. The first-order valence-electron chi connectivity index (χ1n) is 8.53. The largest absolute Gasteiger partial charge is 0.463 e. The average Bonchev–Trinajstić information content (AvgIpc) is 2.60. The molecule has 7 heteroatoms. The van der Waals surface area contributed by atoms with Crippen LogP contribution in [0, 0.1) is 0 Å². The SMILES string of the molecule is CC[C@H](C)c1ccc(O[C@@H]2O[C@H](CO)[C@H](O)[C@@H](O)[C@H]2NC(C)=O)cc1. The maximum Gasteiger partial charge on any atom is 0.223 e. The number of amides is 1. The maximum absolute atomic E-state index is 11.4. The van der Waals surface area contributed by atoms with Gasteiger partial charge in [0.15, 0.2) is 0 Å². The quantitative estimate of drug-likeness (QED) is 0.594. The van der Waals surface area contributed by atoms with Crippen molar-refractivity contribution < 1.29 is 29.6 Å². The van der Waals surface area contributed by atoms with Crippen molar-refractivity contribution in [3.05, 3.63) is 29.8 Å². The minimum Gasteiger partial charge on any atom is -0.463 e. The van der Waals surface area contributed by atoms with E-state index in [2.05, 4.69) is 19.2 Å². The highest BCUT2D eigenvalue weighted by atomic mass is 16.7. The molecule has 4 N–H and O–H groups in total. The van der Waals surface area contributed by atoms with E-state index in [-0.39, 0.29) is 5.91 Å². The van der Waals surface area contributed by atoms with Crippen molar-refractivity contribution in [1.29, 1.82) is 0 Å². The highest BCUT2D eigenvalue weighted by molar-refractivity contribution is 5.73. The third-order valence-electron chi connectivity index (χ3n) is 4.56. The molecule has 1 saturated heterocycles. The van der Waals surface area contributed by atoms with Crippen molar-refractivity contribution in [2.75, 3.05) is 6.61 Å². The van der Waals surface area contributed by atoms with Crippen LogP contribution in [0.4, 0.5) is 0 Å². The number of carbonyl (C=O) groups excluding carboxylic acids is 1. The summed E-state index contributed by atoms with van der Waals surface area (Å²) in [6.45, 7) is 5.08. The molecule has 25 heavy (non-hydrogen) atoms. The number of ether oxygens (including phenoxy) is 2. The van der Waals surface area contributed by atoms with Crippen LogP contribution in [0.2, 0.25) is 0 Å². The van der Waals surface area contributed by atoms with Gasteiger partial charge in [-0.05, 0) is 30.0 Å². The second-order valence-electron chi connectivity index (χ2n) is 6.43. The number of hydrogen-bond donors (Lipinski definition) is 4. The Kier molecular flexibility index (Phi) is 6.78. The molecular formula is C18H27NO6. The van der Waals surface area contributed by atoms with Crippen LogP contribution in [0.1, 0.15) is 38.7 Å². The lowest BCUT2D eigenvalue weighted by Crippen LogP contribution is -2.65. The lowest BCUT2D eigenvalue weighted by molar-refractivity contribution is -0.244. The fraction of sp³-hybridized carbons (Fsp3) is 0.611. The maximum atomic E-state index is 11.4. The molecule has 1 aromatic rings. The molecule has 7 nitrogen and oxygen atoms in total. The molecule has 140 valence electrons. The van der Waals surface area contributed by atoms with Gasteiger partial charge in [-0.1, -0.05) is 26.0 Å². The lowest BCUT2D eigenvalue weighted by Gasteiger charge is -2.42. The van der Waals surface area contributed by atoms with Crippen LogP contribution >= 0.6 is 0 Å². The summed E-state index contributed by atoms with van der Waals surface area (Å²) in [5.74, 6) is 0.554. The molecule has 1 aliphatic heterocycles. The van der Waals surface area contributed by atoms with E-state index < -0.39 is 37.3 Å². The zero-order chi connectivity index (χ0) is 18.6. The molecule has 0 unspecified atom stereocenters. The zero-order valence-electron chi connectivity index (χ0n) is 14.8. The molecule has 0 aromatic heterocycles. The predicted molar refractivity (Wildman–Crippen MR) is 91.1 cm³/mol. The molecule has 0 radical (unpaired) electrons. The predicted octanol–water partition coefficient (Wildman–Crippen LogP) is 0.523. The first-order chi connectivity index (χ1) is 11.9. The van der Waals surface area contributed by atoms with E-state index in [0.717, 1.165) is 6.42 Å². The van der Waals surface area contributed by atoms with Gasteiger partial charge in [0.2, 0.25) is 12.2 Å². The van der Waals surface area contributed by atoms with Gasteiger partial charge < -0.3 is 30.1 Å². The first-order valence-corrected chi connectivity index (χ1v) is 8.53. The average molecular weight is 353 g/mol. The van der Waals surface area contributed by atoms with Crippen molar-refractivity contribution >= 4 is 5.91 Å². The molecular weight excluding hydrogens is 326 g/mol. The monoisotopic (exact) mass is 353 g/mol. The fourth-order valence-corrected chi connectivity index (χ4v) is 2.82. The minimum absolute atomic E-state index is 0.386. The summed E-state index contributed by atoms with van der Waals surface area (Å²) < 4.78 is 11.3. The molecule has 1 fully saturated rings. The Morgan fingerprint density at radius 2 is 1.92 bits per heavy atom. The van der Waals surface area contributed by atoms with Gasteiger partial charge in [0.05, 0.1) is 6.61 Å². The summed E-state index contributed by atoms with van der Waals surface area (Å²) in [6.07, 6.45) is -3.65. The van der Waals surface area contributed by atoms with Crippen LogP contribution in [-0.4, -0.2) is 58.5 Å². The summed E-state index contributed by atoms with van der Waals surface area (Å²) >= 11 is 0. The Labute approximate surface area is 147 Å². The molecule has 0 saturated carbocycles. The molecule has 1 amide bonds. The second-order valence-corrected chi connectivity index (χ2v) is 6.43. The molecule has 1 aromatic carbocycles. The zero-order valence-corrected chi connectivity index (χ0v) is 14.8. The third-order valence-corrected chi connectivity index (χ3v) is 4.56. The van der Waals surface area contributed by atoms with Crippen LogP contribution < -0.4 is 10.1 Å². The highest BCUT2D eigenvalue weighted by Gasteiger charge is 2.46. The Hall–Kier alpha value is -1.67. The van der Waals surface area contributed by atoms with Crippen molar-refractivity contribution in [1.82, 2.24) is 5.32 Å². The third kappa shape index (κ3) is 4.70. The number of benzene rings is 1. The van der Waals surface area contributed by atoms with Crippen LogP contribution in [-0.2, 0) is 9.53 Å².